The fraction of sp³-hybridized carbons (Fsp3) is 0.125. The van der Waals surface area contributed by atoms with Crippen LogP contribution in [0.3, 0.4) is 0 Å². The molecule has 0 radical (unpaired) electrons. The third-order valence-electron chi connectivity index (χ3n) is 3.37. The van der Waals surface area contributed by atoms with Gasteiger partial charge >= 0.3 is 0 Å². The highest BCUT2D eigenvalue weighted by Crippen LogP contribution is 2.26. The lowest BCUT2D eigenvalue weighted by Crippen LogP contribution is -2.18. The van der Waals surface area contributed by atoms with E-state index in [-0.39, 0.29) is 11.7 Å². The Labute approximate surface area is 133 Å². The molecule has 2 aromatic carbocycles. The summed E-state index contributed by atoms with van der Waals surface area (Å²) >= 11 is 4.86. The Hall–Kier alpha value is -2.44. The molecule has 0 aliphatic heterocycles. The number of hydrogen-bond donors (Lipinski definition) is 3. The molecule has 0 bridgehead atoms. The molecule has 0 unspecified atom stereocenters. The maximum Gasteiger partial charge on any atom is 0.168 e. The maximum absolute atomic E-state index is 9.35. The quantitative estimate of drug-likeness (QED) is 0.645. The molecule has 4 N–H and O–H groups in total. The van der Waals surface area contributed by atoms with Crippen molar-refractivity contribution in [2.24, 2.45) is 5.73 Å². The molecule has 0 fully saturated rings. The minimum atomic E-state index is 0.0538. The summed E-state index contributed by atoms with van der Waals surface area (Å²) in [6.45, 7) is 0.543. The molecule has 0 aliphatic rings. The van der Waals surface area contributed by atoms with E-state index in [4.69, 9.17) is 22.9 Å². The standard InChI is InChI=1S/C16H16N4OS/c17-16(22)18-12-6-7-14-13(10-12)19-15(20(14)8-9-21)11-4-2-1-3-5-11/h1-7,10,21H,8-9H2,(H3,17,18,22). The van der Waals surface area contributed by atoms with E-state index < -0.39 is 0 Å². The van der Waals surface area contributed by atoms with Gasteiger partial charge in [-0.05, 0) is 30.4 Å². The number of benzene rings is 2. The van der Waals surface area contributed by atoms with Crippen LogP contribution in [0.25, 0.3) is 22.4 Å². The summed E-state index contributed by atoms with van der Waals surface area (Å²) in [5, 5.41) is 12.5. The monoisotopic (exact) mass is 312 g/mol. The first-order valence-corrected chi connectivity index (χ1v) is 7.33. The fourth-order valence-electron chi connectivity index (χ4n) is 2.48. The van der Waals surface area contributed by atoms with Crippen LogP contribution in [0.5, 0.6) is 0 Å². The zero-order valence-electron chi connectivity index (χ0n) is 11.9. The van der Waals surface area contributed by atoms with Gasteiger partial charge in [0.1, 0.15) is 5.82 Å². The lowest BCUT2D eigenvalue weighted by molar-refractivity contribution is 0.278. The van der Waals surface area contributed by atoms with Crippen molar-refractivity contribution in [3.8, 4) is 11.4 Å². The van der Waals surface area contributed by atoms with Crippen molar-refractivity contribution in [2.45, 2.75) is 6.54 Å². The van der Waals surface area contributed by atoms with E-state index in [1.54, 1.807) is 0 Å². The Morgan fingerprint density at radius 2 is 2.00 bits per heavy atom. The van der Waals surface area contributed by atoms with E-state index in [1.165, 1.54) is 0 Å². The number of aliphatic hydroxyl groups is 1. The van der Waals surface area contributed by atoms with E-state index in [1.807, 2.05) is 53.1 Å². The van der Waals surface area contributed by atoms with Gasteiger partial charge in [-0.2, -0.15) is 0 Å². The molecule has 112 valence electrons. The second kappa shape index (κ2) is 6.13. The Kier molecular flexibility index (Phi) is 4.04. The molecule has 0 amide bonds. The maximum atomic E-state index is 9.35. The minimum Gasteiger partial charge on any atom is -0.395 e. The van der Waals surface area contributed by atoms with Crippen LogP contribution < -0.4 is 11.1 Å². The molecule has 1 aromatic heterocycles. The summed E-state index contributed by atoms with van der Waals surface area (Å²) in [4.78, 5) is 4.70. The Bertz CT molecular complexity index is 814. The zero-order valence-corrected chi connectivity index (χ0v) is 12.7. The van der Waals surface area contributed by atoms with Gasteiger partial charge in [-0.15, -0.1) is 0 Å². The number of hydrogen-bond acceptors (Lipinski definition) is 3. The van der Waals surface area contributed by atoms with Crippen LogP contribution in [-0.2, 0) is 6.54 Å². The average Bonchev–Trinajstić information content (AvgIpc) is 2.86. The number of aromatic nitrogens is 2. The van der Waals surface area contributed by atoms with Crippen molar-refractivity contribution in [1.29, 1.82) is 0 Å². The molecule has 0 saturated heterocycles. The summed E-state index contributed by atoms with van der Waals surface area (Å²) < 4.78 is 2.01. The molecular weight excluding hydrogens is 296 g/mol. The van der Waals surface area contributed by atoms with E-state index in [0.29, 0.717) is 6.54 Å². The lowest BCUT2D eigenvalue weighted by atomic mass is 10.2. The van der Waals surface area contributed by atoms with E-state index >= 15 is 0 Å². The van der Waals surface area contributed by atoms with Crippen LogP contribution in [0, 0.1) is 0 Å². The molecule has 0 spiro atoms. The van der Waals surface area contributed by atoms with Crippen molar-refractivity contribution in [3.05, 3.63) is 48.5 Å². The van der Waals surface area contributed by atoms with Crippen molar-refractivity contribution in [1.82, 2.24) is 9.55 Å². The topological polar surface area (TPSA) is 76.1 Å². The first-order chi connectivity index (χ1) is 10.7. The number of anilines is 1. The number of nitrogens with zero attached hydrogens (tertiary/aromatic N) is 2. The highest BCUT2D eigenvalue weighted by Gasteiger charge is 2.12. The first-order valence-electron chi connectivity index (χ1n) is 6.92. The van der Waals surface area contributed by atoms with Crippen LogP contribution in [0.2, 0.25) is 0 Å². The number of aliphatic hydroxyl groups excluding tert-OH is 1. The number of thiocarbonyl (C=S) groups is 1. The first kappa shape index (κ1) is 14.5. The largest absolute Gasteiger partial charge is 0.395 e. The van der Waals surface area contributed by atoms with Gasteiger partial charge in [0.2, 0.25) is 0 Å². The van der Waals surface area contributed by atoms with Crippen molar-refractivity contribution < 1.29 is 5.11 Å². The van der Waals surface area contributed by atoms with Crippen molar-refractivity contribution >= 4 is 34.1 Å². The molecule has 1 heterocycles. The Morgan fingerprint density at radius 1 is 1.23 bits per heavy atom. The normalized spacial score (nSPS) is 10.8. The van der Waals surface area contributed by atoms with E-state index in [2.05, 4.69) is 5.32 Å². The fourth-order valence-corrected chi connectivity index (χ4v) is 2.60. The molecule has 0 saturated carbocycles. The average molecular weight is 312 g/mol. The summed E-state index contributed by atoms with van der Waals surface area (Å²) in [5.41, 5.74) is 9.10. The SMILES string of the molecule is NC(=S)Nc1ccc2c(c1)nc(-c1ccccc1)n2CCO. The van der Waals surface area contributed by atoms with Gasteiger partial charge in [-0.25, -0.2) is 4.98 Å². The highest BCUT2D eigenvalue weighted by molar-refractivity contribution is 7.80. The van der Waals surface area contributed by atoms with Gasteiger partial charge in [0, 0.05) is 17.8 Å². The van der Waals surface area contributed by atoms with Gasteiger partial charge in [-0.3, -0.25) is 0 Å². The molecule has 5 nitrogen and oxygen atoms in total. The second-order valence-corrected chi connectivity index (χ2v) is 5.31. The van der Waals surface area contributed by atoms with Gasteiger partial charge in [-0.1, -0.05) is 30.3 Å². The van der Waals surface area contributed by atoms with Crippen LogP contribution in [-0.4, -0.2) is 26.4 Å². The third kappa shape index (κ3) is 2.79. The van der Waals surface area contributed by atoms with Crippen molar-refractivity contribution in [3.63, 3.8) is 0 Å². The van der Waals surface area contributed by atoms with E-state index in [0.717, 1.165) is 28.1 Å². The van der Waals surface area contributed by atoms with Crippen LogP contribution >= 0.6 is 12.2 Å². The number of nitrogens with two attached hydrogens (primary N) is 1. The number of rotatable bonds is 4. The van der Waals surface area contributed by atoms with Gasteiger partial charge < -0.3 is 20.7 Å². The number of fused-ring (bicyclic) bond motifs is 1. The third-order valence-corrected chi connectivity index (χ3v) is 3.47. The smallest absolute Gasteiger partial charge is 0.168 e. The minimum absolute atomic E-state index is 0.0538. The summed E-state index contributed by atoms with van der Waals surface area (Å²) in [6.07, 6.45) is 0. The lowest BCUT2D eigenvalue weighted by Gasteiger charge is -2.07. The van der Waals surface area contributed by atoms with Gasteiger partial charge in [0.25, 0.3) is 0 Å². The molecule has 0 aliphatic carbocycles. The summed E-state index contributed by atoms with van der Waals surface area (Å²) in [7, 11) is 0. The van der Waals surface area contributed by atoms with Gasteiger partial charge in [0.05, 0.1) is 17.6 Å². The molecule has 3 rings (SSSR count). The number of nitrogens with one attached hydrogen (secondary N) is 1. The van der Waals surface area contributed by atoms with Gasteiger partial charge in [0.15, 0.2) is 5.11 Å². The summed E-state index contributed by atoms with van der Waals surface area (Å²) in [6, 6.07) is 15.7. The van der Waals surface area contributed by atoms with E-state index in [9.17, 15) is 5.11 Å². The van der Waals surface area contributed by atoms with Crippen LogP contribution in [0.4, 0.5) is 5.69 Å². The molecule has 6 heteroatoms. The predicted octanol–water partition coefficient (Wildman–Crippen LogP) is 2.35. The highest BCUT2D eigenvalue weighted by atomic mass is 32.1. The molecule has 3 aromatic rings. The predicted molar refractivity (Wildman–Crippen MR) is 92.7 cm³/mol. The summed E-state index contributed by atoms with van der Waals surface area (Å²) in [5.74, 6) is 0.831. The Morgan fingerprint density at radius 3 is 2.68 bits per heavy atom. The number of imidazole rings is 1. The van der Waals surface area contributed by atoms with Crippen LogP contribution in [0.15, 0.2) is 48.5 Å². The Balaban J connectivity index is 2.15. The van der Waals surface area contributed by atoms with Crippen LogP contribution in [0.1, 0.15) is 0 Å². The second-order valence-electron chi connectivity index (χ2n) is 4.87. The molecule has 22 heavy (non-hydrogen) atoms. The molecule has 0 atom stereocenters. The molecular formula is C16H16N4OS. The zero-order chi connectivity index (χ0) is 15.5. The van der Waals surface area contributed by atoms with Crippen molar-refractivity contribution in [2.75, 3.05) is 11.9 Å².